The van der Waals surface area contributed by atoms with Crippen molar-refractivity contribution in [3.8, 4) is 0 Å². The lowest BCUT2D eigenvalue weighted by Crippen LogP contribution is -2.37. The van der Waals surface area contributed by atoms with Gasteiger partial charge < -0.3 is 5.32 Å². The third kappa shape index (κ3) is 2.59. The Hall–Kier alpha value is -1.68. The molecule has 1 aliphatic heterocycles. The number of carbonyl (C=O) groups excluding carboxylic acids is 2. The second-order valence-electron chi connectivity index (χ2n) is 4.65. The summed E-state index contributed by atoms with van der Waals surface area (Å²) >= 11 is 0. The zero-order valence-corrected chi connectivity index (χ0v) is 10.8. The van der Waals surface area contributed by atoms with E-state index in [0.717, 1.165) is 5.56 Å². The van der Waals surface area contributed by atoms with Gasteiger partial charge in [0.15, 0.2) is 0 Å². The van der Waals surface area contributed by atoms with Crippen LogP contribution < -0.4 is 5.32 Å². The molecule has 1 fully saturated rings. The highest BCUT2D eigenvalue weighted by Gasteiger charge is 2.30. The van der Waals surface area contributed by atoms with Crippen molar-refractivity contribution >= 4 is 11.8 Å². The maximum atomic E-state index is 11.6. The summed E-state index contributed by atoms with van der Waals surface area (Å²) in [6.45, 7) is 2.44. The van der Waals surface area contributed by atoms with E-state index in [1.807, 2.05) is 32.2 Å². The van der Waals surface area contributed by atoms with Gasteiger partial charge in [-0.25, -0.2) is 0 Å². The highest BCUT2D eigenvalue weighted by molar-refractivity contribution is 6.01. The smallest absolute Gasteiger partial charge is 0.229 e. The van der Waals surface area contributed by atoms with Crippen LogP contribution in [0.15, 0.2) is 24.3 Å². The molecule has 4 nitrogen and oxygen atoms in total. The third-order valence-corrected chi connectivity index (χ3v) is 3.31. The minimum Gasteiger partial charge on any atom is -0.312 e. The largest absolute Gasteiger partial charge is 0.312 e. The van der Waals surface area contributed by atoms with Crippen LogP contribution in [0.1, 0.15) is 30.0 Å². The molecule has 1 atom stereocenters. The van der Waals surface area contributed by atoms with Crippen molar-refractivity contribution in [2.24, 2.45) is 0 Å². The average Bonchev–Trinajstić information content (AvgIpc) is 2.66. The van der Waals surface area contributed by atoms with E-state index >= 15 is 0 Å². The third-order valence-electron chi connectivity index (χ3n) is 3.31. The number of likely N-dealkylation sites (tertiary alicyclic amines) is 1. The summed E-state index contributed by atoms with van der Waals surface area (Å²) in [5.74, 6) is -0.124. The van der Waals surface area contributed by atoms with Gasteiger partial charge in [-0.05, 0) is 19.5 Å². The molecule has 2 rings (SSSR count). The molecule has 0 saturated carbocycles. The predicted molar refractivity (Wildman–Crippen MR) is 68.9 cm³/mol. The zero-order valence-electron chi connectivity index (χ0n) is 10.8. The maximum Gasteiger partial charge on any atom is 0.229 e. The van der Waals surface area contributed by atoms with Gasteiger partial charge >= 0.3 is 0 Å². The molecule has 0 aliphatic carbocycles. The van der Waals surface area contributed by atoms with Gasteiger partial charge in [0.1, 0.15) is 0 Å². The van der Waals surface area contributed by atoms with Crippen LogP contribution in [0.25, 0.3) is 0 Å². The van der Waals surface area contributed by atoms with Crippen molar-refractivity contribution in [1.29, 1.82) is 0 Å². The molecule has 1 aromatic rings. The van der Waals surface area contributed by atoms with Gasteiger partial charge in [-0.15, -0.1) is 0 Å². The Morgan fingerprint density at radius 2 is 1.94 bits per heavy atom. The van der Waals surface area contributed by atoms with Crippen LogP contribution in [-0.4, -0.2) is 30.3 Å². The SMILES string of the molecule is CNC(CN1C(=O)CCC1=O)c1cccc(C)c1. The van der Waals surface area contributed by atoms with Crippen molar-refractivity contribution in [3.63, 3.8) is 0 Å². The Bertz CT molecular complexity index is 455. The summed E-state index contributed by atoms with van der Waals surface area (Å²) in [5.41, 5.74) is 2.27. The summed E-state index contributed by atoms with van der Waals surface area (Å²) in [6, 6.07) is 8.10. The molecule has 2 amide bonds. The lowest BCUT2D eigenvalue weighted by molar-refractivity contribution is -0.138. The second kappa shape index (κ2) is 5.31. The molecule has 4 heteroatoms. The van der Waals surface area contributed by atoms with Gasteiger partial charge in [0.25, 0.3) is 0 Å². The quantitative estimate of drug-likeness (QED) is 0.817. The first kappa shape index (κ1) is 12.8. The van der Waals surface area contributed by atoms with E-state index in [9.17, 15) is 9.59 Å². The Labute approximate surface area is 107 Å². The minimum absolute atomic E-state index is 0.00380. The fourth-order valence-corrected chi connectivity index (χ4v) is 2.26. The van der Waals surface area contributed by atoms with Crippen molar-refractivity contribution in [1.82, 2.24) is 10.2 Å². The minimum atomic E-state index is -0.0621. The van der Waals surface area contributed by atoms with Crippen LogP contribution in [0.5, 0.6) is 0 Å². The van der Waals surface area contributed by atoms with E-state index in [-0.39, 0.29) is 17.9 Å². The molecule has 1 aliphatic rings. The number of likely N-dealkylation sites (N-methyl/N-ethyl adjacent to an activating group) is 1. The van der Waals surface area contributed by atoms with Gasteiger partial charge in [-0.3, -0.25) is 14.5 Å². The van der Waals surface area contributed by atoms with Gasteiger partial charge in [0.05, 0.1) is 6.04 Å². The summed E-state index contributed by atoms with van der Waals surface area (Å²) in [5, 5.41) is 3.17. The number of hydrogen-bond acceptors (Lipinski definition) is 3. The summed E-state index contributed by atoms with van der Waals surface area (Å²) in [4.78, 5) is 24.6. The first-order valence-corrected chi connectivity index (χ1v) is 6.19. The summed E-state index contributed by atoms with van der Waals surface area (Å²) < 4.78 is 0. The van der Waals surface area contributed by atoms with Crippen LogP contribution >= 0.6 is 0 Å². The number of hydrogen-bond donors (Lipinski definition) is 1. The first-order valence-electron chi connectivity index (χ1n) is 6.19. The number of amides is 2. The fraction of sp³-hybridized carbons (Fsp3) is 0.429. The van der Waals surface area contributed by atoms with E-state index in [1.54, 1.807) is 0 Å². The second-order valence-corrected chi connectivity index (χ2v) is 4.65. The zero-order chi connectivity index (χ0) is 13.1. The standard InChI is InChI=1S/C14H18N2O2/c1-10-4-3-5-11(8-10)12(15-2)9-16-13(17)6-7-14(16)18/h3-5,8,12,15H,6-7,9H2,1-2H3. The van der Waals surface area contributed by atoms with E-state index < -0.39 is 0 Å². The molecule has 1 heterocycles. The number of imide groups is 1. The average molecular weight is 246 g/mol. The lowest BCUT2D eigenvalue weighted by Gasteiger charge is -2.22. The number of nitrogens with zero attached hydrogens (tertiary/aromatic N) is 1. The van der Waals surface area contributed by atoms with Crippen LogP contribution in [0.3, 0.4) is 0 Å². The Kier molecular flexibility index (Phi) is 3.77. The highest BCUT2D eigenvalue weighted by atomic mass is 16.2. The molecule has 96 valence electrons. The van der Waals surface area contributed by atoms with Crippen LogP contribution in [0, 0.1) is 6.92 Å². The van der Waals surface area contributed by atoms with Crippen LogP contribution in [0.4, 0.5) is 0 Å². The molecular weight excluding hydrogens is 228 g/mol. The molecule has 0 aromatic heterocycles. The first-order chi connectivity index (χ1) is 8.61. The van der Waals surface area contributed by atoms with Crippen molar-refractivity contribution in [2.45, 2.75) is 25.8 Å². The molecule has 1 N–H and O–H groups in total. The number of carbonyl (C=O) groups is 2. The topological polar surface area (TPSA) is 49.4 Å². The van der Waals surface area contributed by atoms with Crippen molar-refractivity contribution in [3.05, 3.63) is 35.4 Å². The molecular formula is C14H18N2O2. The Morgan fingerprint density at radius 3 is 2.50 bits per heavy atom. The van der Waals surface area contributed by atoms with Crippen molar-refractivity contribution < 1.29 is 9.59 Å². The molecule has 1 unspecified atom stereocenters. The molecule has 0 bridgehead atoms. The van der Waals surface area contributed by atoms with Crippen LogP contribution in [-0.2, 0) is 9.59 Å². The van der Waals surface area contributed by atoms with Crippen LogP contribution in [0.2, 0.25) is 0 Å². The molecule has 0 radical (unpaired) electrons. The number of rotatable bonds is 4. The van der Waals surface area contributed by atoms with Gasteiger partial charge in [-0.2, -0.15) is 0 Å². The van der Waals surface area contributed by atoms with E-state index in [4.69, 9.17) is 0 Å². The van der Waals surface area contributed by atoms with Gasteiger partial charge in [-0.1, -0.05) is 29.8 Å². The van der Waals surface area contributed by atoms with Gasteiger partial charge in [0, 0.05) is 19.4 Å². The van der Waals surface area contributed by atoms with E-state index in [0.29, 0.717) is 19.4 Å². The molecule has 1 saturated heterocycles. The lowest BCUT2D eigenvalue weighted by atomic mass is 10.0. The normalized spacial score (nSPS) is 17.3. The monoisotopic (exact) mass is 246 g/mol. The number of aryl methyl sites for hydroxylation is 1. The van der Waals surface area contributed by atoms with E-state index in [1.165, 1.54) is 10.5 Å². The highest BCUT2D eigenvalue weighted by Crippen LogP contribution is 2.19. The molecule has 0 spiro atoms. The maximum absolute atomic E-state index is 11.6. The number of benzene rings is 1. The number of nitrogens with one attached hydrogen (secondary N) is 1. The van der Waals surface area contributed by atoms with E-state index in [2.05, 4.69) is 11.4 Å². The fourth-order valence-electron chi connectivity index (χ4n) is 2.26. The summed E-state index contributed by atoms with van der Waals surface area (Å²) in [6.07, 6.45) is 0.701. The van der Waals surface area contributed by atoms with Crippen molar-refractivity contribution in [2.75, 3.05) is 13.6 Å². The van der Waals surface area contributed by atoms with Gasteiger partial charge in [0.2, 0.25) is 11.8 Å². The Morgan fingerprint density at radius 1 is 1.28 bits per heavy atom. The summed E-state index contributed by atoms with van der Waals surface area (Å²) in [7, 11) is 1.85. The molecule has 18 heavy (non-hydrogen) atoms. The Balaban J connectivity index is 2.14. The molecule has 1 aromatic carbocycles. The predicted octanol–water partition coefficient (Wildman–Crippen LogP) is 1.40.